The van der Waals surface area contributed by atoms with Gasteiger partial charge in [-0.3, -0.25) is 9.59 Å². The summed E-state index contributed by atoms with van der Waals surface area (Å²) in [4.78, 5) is 28.4. The van der Waals surface area contributed by atoms with Gasteiger partial charge in [0.1, 0.15) is 0 Å². The molecule has 2 aliphatic rings. The third kappa shape index (κ3) is 11.4. The maximum Gasteiger partial charge on any atom is 0.252 e. The van der Waals surface area contributed by atoms with E-state index < -0.39 is 10.8 Å². The average Bonchev–Trinajstić information content (AvgIpc) is 3.81. The highest BCUT2D eigenvalue weighted by Crippen LogP contribution is 2.33. The zero-order chi connectivity index (χ0) is 37.5. The summed E-state index contributed by atoms with van der Waals surface area (Å²) in [6, 6.07) is 12.4. The van der Waals surface area contributed by atoms with Crippen molar-refractivity contribution in [2.75, 3.05) is 13.1 Å². The Morgan fingerprint density at radius 3 is 1.52 bits per heavy atom. The number of aryl methyl sites for hydroxylation is 4. The van der Waals surface area contributed by atoms with Gasteiger partial charge in [-0.25, -0.2) is 9.36 Å². The molecular formula is C41H57Cl2N5O2S2. The van der Waals surface area contributed by atoms with Crippen LogP contribution in [0.4, 0.5) is 0 Å². The summed E-state index contributed by atoms with van der Waals surface area (Å²) in [5.74, 6) is 1.08. The summed E-state index contributed by atoms with van der Waals surface area (Å²) in [5, 5.41) is 13.0. The number of hydrogen-bond acceptors (Lipinski definition) is 7. The number of carbonyl (C=O) groups is 2. The van der Waals surface area contributed by atoms with Crippen LogP contribution in [0, 0.1) is 10.8 Å². The molecule has 0 spiro atoms. The molecule has 4 aromatic heterocycles. The summed E-state index contributed by atoms with van der Waals surface area (Å²) in [6.45, 7) is 13.8. The molecule has 52 heavy (non-hydrogen) atoms. The number of carbonyl (C=O) groups excluding carboxylic acids is 2. The molecule has 0 bridgehead atoms. The van der Waals surface area contributed by atoms with Crippen LogP contribution < -0.4 is 5.32 Å². The second-order valence-corrected chi connectivity index (χ2v) is 20.1. The van der Waals surface area contributed by atoms with E-state index in [4.69, 9.17) is 33.4 Å². The molecule has 6 rings (SSSR count). The van der Waals surface area contributed by atoms with Crippen molar-refractivity contribution in [1.29, 1.82) is 0 Å². The lowest BCUT2D eigenvalue weighted by atomic mass is 9.95. The van der Waals surface area contributed by atoms with Gasteiger partial charge < -0.3 is 5.32 Å². The number of nitrogens with one attached hydrogen (secondary N) is 1. The van der Waals surface area contributed by atoms with Crippen LogP contribution in [-0.4, -0.2) is 44.5 Å². The SMILES string of the molecule is CC(C)(C)C(=O)n1nc(C2CCCCCC2)cc1CCc1ccc(Cl)s1.CC(C)(C)C(=O)n1nc(C2CCCNCC2)cc1CCc1ccc(Cl)s1. The molecule has 1 saturated carbocycles. The maximum absolute atomic E-state index is 12.9. The van der Waals surface area contributed by atoms with Crippen molar-refractivity contribution in [3.05, 3.63) is 77.6 Å². The average molecular weight is 787 g/mol. The fourth-order valence-corrected chi connectivity index (χ4v) is 9.16. The van der Waals surface area contributed by atoms with E-state index >= 15 is 0 Å². The summed E-state index contributed by atoms with van der Waals surface area (Å²) in [5.41, 5.74) is 3.35. The van der Waals surface area contributed by atoms with Crippen molar-refractivity contribution >= 4 is 57.7 Å². The van der Waals surface area contributed by atoms with Crippen molar-refractivity contribution in [2.45, 2.75) is 137 Å². The first-order chi connectivity index (χ1) is 24.7. The highest BCUT2D eigenvalue weighted by atomic mass is 35.5. The molecule has 0 amide bonds. The molecule has 1 aliphatic heterocycles. The van der Waals surface area contributed by atoms with Gasteiger partial charge in [-0.05, 0) is 107 Å². The summed E-state index contributed by atoms with van der Waals surface area (Å²) in [7, 11) is 0. The van der Waals surface area contributed by atoms with E-state index in [2.05, 4.69) is 29.6 Å². The minimum absolute atomic E-state index is 0.0645. The van der Waals surface area contributed by atoms with Gasteiger partial charge in [-0.15, -0.1) is 22.7 Å². The zero-order valence-corrected chi connectivity index (χ0v) is 35.0. The largest absolute Gasteiger partial charge is 0.317 e. The van der Waals surface area contributed by atoms with Crippen LogP contribution in [0.3, 0.4) is 0 Å². The van der Waals surface area contributed by atoms with Crippen molar-refractivity contribution < 1.29 is 9.59 Å². The lowest BCUT2D eigenvalue weighted by molar-refractivity contribution is 0.0738. The topological polar surface area (TPSA) is 81.8 Å². The molecular weight excluding hydrogens is 730 g/mol. The van der Waals surface area contributed by atoms with Gasteiger partial charge in [0.05, 0.1) is 20.1 Å². The molecule has 0 radical (unpaired) electrons. The van der Waals surface area contributed by atoms with Gasteiger partial charge in [-0.1, -0.05) is 90.4 Å². The normalized spacial score (nSPS) is 17.7. The van der Waals surface area contributed by atoms with Crippen molar-refractivity contribution in [1.82, 2.24) is 24.9 Å². The summed E-state index contributed by atoms with van der Waals surface area (Å²) in [6.07, 6.45) is 14.4. The van der Waals surface area contributed by atoms with Crippen LogP contribution in [0.15, 0.2) is 36.4 Å². The first kappa shape index (κ1) is 40.9. The minimum Gasteiger partial charge on any atom is -0.317 e. The van der Waals surface area contributed by atoms with Crippen LogP contribution in [0.5, 0.6) is 0 Å². The smallest absolute Gasteiger partial charge is 0.252 e. The predicted molar refractivity (Wildman–Crippen MR) is 218 cm³/mol. The van der Waals surface area contributed by atoms with E-state index in [1.807, 2.05) is 53.7 Å². The second kappa shape index (κ2) is 18.4. The molecule has 5 heterocycles. The van der Waals surface area contributed by atoms with Crippen molar-refractivity contribution in [3.63, 3.8) is 0 Å². The number of nitrogens with zero attached hydrogens (tertiary/aromatic N) is 4. The van der Waals surface area contributed by atoms with Crippen LogP contribution in [0.1, 0.15) is 153 Å². The van der Waals surface area contributed by atoms with Gasteiger partial charge in [0.25, 0.3) is 11.8 Å². The molecule has 7 nitrogen and oxygen atoms in total. The van der Waals surface area contributed by atoms with Crippen LogP contribution in [-0.2, 0) is 25.7 Å². The van der Waals surface area contributed by atoms with E-state index in [-0.39, 0.29) is 11.8 Å². The first-order valence-electron chi connectivity index (χ1n) is 19.2. The van der Waals surface area contributed by atoms with Crippen LogP contribution >= 0.6 is 45.9 Å². The minimum atomic E-state index is -0.449. The second-order valence-electron chi connectivity index (χ2n) is 16.5. The Balaban J connectivity index is 0.000000201. The quantitative estimate of drug-likeness (QED) is 0.180. The molecule has 1 unspecified atom stereocenters. The molecule has 284 valence electrons. The van der Waals surface area contributed by atoms with Crippen molar-refractivity contribution in [2.24, 2.45) is 10.8 Å². The number of aromatic nitrogens is 4. The van der Waals surface area contributed by atoms with E-state index in [0.717, 1.165) is 89.5 Å². The van der Waals surface area contributed by atoms with Gasteiger partial charge in [0.2, 0.25) is 0 Å². The molecule has 1 atom stereocenters. The van der Waals surface area contributed by atoms with Gasteiger partial charge in [0.15, 0.2) is 0 Å². The standard InChI is InChI=1S/C21H29ClN2OS.C20H28ClN3OS/c1-21(2,3)20(25)24-16(10-11-17-12-13-19(22)26-17)14-18(23-24)15-8-6-4-5-7-9-15;1-20(2,3)19(25)24-15(6-7-16-8-9-18(21)26-16)13-17(23-24)14-5-4-11-22-12-10-14/h12-15H,4-11H2,1-3H3;8-9,13-14,22H,4-7,10-12H2,1-3H3. The number of thiophene rings is 2. The van der Waals surface area contributed by atoms with Crippen LogP contribution in [0.2, 0.25) is 8.67 Å². The summed E-state index contributed by atoms with van der Waals surface area (Å²) < 4.78 is 4.99. The van der Waals surface area contributed by atoms with E-state index in [9.17, 15) is 9.59 Å². The van der Waals surface area contributed by atoms with Crippen molar-refractivity contribution in [3.8, 4) is 0 Å². The molecule has 0 aromatic carbocycles. The number of hydrogen-bond donors (Lipinski definition) is 1. The Kier molecular flexibility index (Phi) is 14.4. The number of halogens is 2. The van der Waals surface area contributed by atoms with E-state index in [0.29, 0.717) is 11.8 Å². The molecule has 1 aliphatic carbocycles. The lowest BCUT2D eigenvalue weighted by Crippen LogP contribution is -2.29. The fourth-order valence-electron chi connectivity index (χ4n) is 6.99. The highest BCUT2D eigenvalue weighted by Gasteiger charge is 2.30. The third-order valence-corrected chi connectivity index (χ3v) is 12.6. The van der Waals surface area contributed by atoms with Gasteiger partial charge >= 0.3 is 0 Å². The highest BCUT2D eigenvalue weighted by molar-refractivity contribution is 7.16. The summed E-state index contributed by atoms with van der Waals surface area (Å²) >= 11 is 15.3. The maximum atomic E-state index is 12.9. The molecule has 1 N–H and O–H groups in total. The monoisotopic (exact) mass is 785 g/mol. The lowest BCUT2D eigenvalue weighted by Gasteiger charge is -2.18. The van der Waals surface area contributed by atoms with E-state index in [1.165, 1.54) is 48.3 Å². The van der Waals surface area contributed by atoms with Gasteiger partial charge in [0, 0.05) is 43.8 Å². The zero-order valence-electron chi connectivity index (χ0n) is 31.9. The first-order valence-corrected chi connectivity index (χ1v) is 21.5. The molecule has 1 saturated heterocycles. The Labute approximate surface area is 328 Å². The van der Waals surface area contributed by atoms with Crippen LogP contribution in [0.25, 0.3) is 0 Å². The van der Waals surface area contributed by atoms with E-state index in [1.54, 1.807) is 32.0 Å². The Bertz CT molecular complexity index is 1630. The van der Waals surface area contributed by atoms with Gasteiger partial charge in [-0.2, -0.15) is 10.2 Å². The Morgan fingerprint density at radius 2 is 1.10 bits per heavy atom. The molecule has 4 aromatic rings. The Hall–Kier alpha value is -2.30. The predicted octanol–water partition coefficient (Wildman–Crippen LogP) is 11.4. The number of rotatable bonds is 8. The fraction of sp³-hybridized carbons (Fsp3) is 0.610. The molecule has 2 fully saturated rings. The third-order valence-electron chi connectivity index (χ3n) is 10.1. The Morgan fingerprint density at radius 1 is 0.654 bits per heavy atom. The molecule has 11 heteroatoms.